The number of carbonyl (C=O) groups is 2. The molecular formula is C27H38ClN3O5S. The van der Waals surface area contributed by atoms with Crippen LogP contribution in [0.1, 0.15) is 51.7 Å². The van der Waals surface area contributed by atoms with Gasteiger partial charge in [0.05, 0.1) is 24.1 Å². The summed E-state index contributed by atoms with van der Waals surface area (Å²) in [5.41, 5.74) is 1.90. The lowest BCUT2D eigenvalue weighted by molar-refractivity contribution is -0.141. The number of nitrogens with one attached hydrogen (secondary N) is 1. The molecule has 0 aliphatic carbocycles. The SMILES string of the molecule is COc1ccc(N(CCCC(=O)N(Cc2cccc(C)c2)[C@@H](C)C(=O)NC(C)(C)C)S(C)(=O)=O)cc1Cl. The molecule has 0 aliphatic rings. The molecule has 2 rings (SSSR count). The Morgan fingerprint density at radius 3 is 2.35 bits per heavy atom. The second-order valence-electron chi connectivity index (χ2n) is 10.2. The number of ether oxygens (including phenoxy) is 1. The summed E-state index contributed by atoms with van der Waals surface area (Å²) in [7, 11) is -2.15. The fourth-order valence-corrected chi connectivity index (χ4v) is 5.09. The Bertz CT molecular complexity index is 1210. The van der Waals surface area contributed by atoms with Crippen LogP contribution in [-0.2, 0) is 26.2 Å². The molecule has 1 N–H and O–H groups in total. The molecule has 0 fully saturated rings. The predicted octanol–water partition coefficient (Wildman–Crippen LogP) is 4.54. The highest BCUT2D eigenvalue weighted by atomic mass is 35.5. The topological polar surface area (TPSA) is 96.0 Å². The first-order valence-electron chi connectivity index (χ1n) is 12.1. The first kappa shape index (κ1) is 30.4. The molecule has 0 radical (unpaired) electrons. The highest BCUT2D eigenvalue weighted by molar-refractivity contribution is 7.92. The van der Waals surface area contributed by atoms with E-state index in [1.54, 1.807) is 24.0 Å². The summed E-state index contributed by atoms with van der Waals surface area (Å²) in [5.74, 6) is -0.0539. The Balaban J connectivity index is 2.21. The van der Waals surface area contributed by atoms with Gasteiger partial charge in [0.2, 0.25) is 21.8 Å². The van der Waals surface area contributed by atoms with E-state index in [1.807, 2.05) is 52.0 Å². The number of carbonyl (C=O) groups excluding carboxylic acids is 2. The van der Waals surface area contributed by atoms with E-state index in [0.29, 0.717) is 11.4 Å². The van der Waals surface area contributed by atoms with E-state index < -0.39 is 21.6 Å². The maximum atomic E-state index is 13.4. The smallest absolute Gasteiger partial charge is 0.242 e. The molecule has 0 saturated carbocycles. The third-order valence-electron chi connectivity index (χ3n) is 5.68. The molecule has 1 atom stereocenters. The minimum atomic E-state index is -3.63. The van der Waals surface area contributed by atoms with E-state index in [9.17, 15) is 18.0 Å². The number of sulfonamides is 1. The number of methoxy groups -OCH3 is 1. The van der Waals surface area contributed by atoms with E-state index in [0.717, 1.165) is 17.4 Å². The van der Waals surface area contributed by atoms with Gasteiger partial charge in [0, 0.05) is 25.0 Å². The van der Waals surface area contributed by atoms with Crippen LogP contribution < -0.4 is 14.4 Å². The Hall–Kier alpha value is -2.78. The third-order valence-corrected chi connectivity index (χ3v) is 7.17. The van der Waals surface area contributed by atoms with Crippen LogP contribution in [0.5, 0.6) is 5.75 Å². The molecule has 0 spiro atoms. The Morgan fingerprint density at radius 2 is 1.81 bits per heavy atom. The van der Waals surface area contributed by atoms with Crippen LogP contribution in [0.25, 0.3) is 0 Å². The van der Waals surface area contributed by atoms with Crippen molar-refractivity contribution >= 4 is 39.1 Å². The number of halogens is 1. The van der Waals surface area contributed by atoms with Gasteiger partial charge in [-0.05, 0) is 64.8 Å². The molecule has 0 saturated heterocycles. The lowest BCUT2D eigenvalue weighted by Crippen LogP contribution is -2.52. The average molecular weight is 552 g/mol. The second kappa shape index (κ2) is 12.6. The van der Waals surface area contributed by atoms with Crippen LogP contribution in [0, 0.1) is 6.92 Å². The maximum Gasteiger partial charge on any atom is 0.242 e. The van der Waals surface area contributed by atoms with Gasteiger partial charge >= 0.3 is 0 Å². The lowest BCUT2D eigenvalue weighted by atomic mass is 10.1. The van der Waals surface area contributed by atoms with Gasteiger partial charge in [0.15, 0.2) is 0 Å². The highest BCUT2D eigenvalue weighted by Crippen LogP contribution is 2.30. The fraction of sp³-hybridized carbons (Fsp3) is 0.481. The minimum absolute atomic E-state index is 0.0643. The number of hydrogen-bond acceptors (Lipinski definition) is 5. The number of anilines is 1. The fourth-order valence-electron chi connectivity index (χ4n) is 3.88. The molecule has 2 aromatic carbocycles. The van der Waals surface area contributed by atoms with Gasteiger partial charge in [-0.25, -0.2) is 8.42 Å². The van der Waals surface area contributed by atoms with E-state index in [-0.39, 0.29) is 42.8 Å². The van der Waals surface area contributed by atoms with Gasteiger partial charge in [-0.3, -0.25) is 13.9 Å². The summed E-state index contributed by atoms with van der Waals surface area (Å²) in [5, 5.41) is 3.22. The predicted molar refractivity (Wildman–Crippen MR) is 149 cm³/mol. The Morgan fingerprint density at radius 1 is 1.14 bits per heavy atom. The molecule has 2 amide bonds. The molecule has 2 aromatic rings. The zero-order valence-electron chi connectivity index (χ0n) is 22.7. The quantitative estimate of drug-likeness (QED) is 0.442. The summed E-state index contributed by atoms with van der Waals surface area (Å²) in [6, 6.07) is 11.8. The van der Waals surface area contributed by atoms with Crippen molar-refractivity contribution in [3.05, 3.63) is 58.6 Å². The lowest BCUT2D eigenvalue weighted by Gasteiger charge is -2.32. The molecular weight excluding hydrogens is 514 g/mol. The van der Waals surface area contributed by atoms with Gasteiger partial charge in [-0.1, -0.05) is 41.4 Å². The molecule has 0 unspecified atom stereocenters. The summed E-state index contributed by atoms with van der Waals surface area (Å²) in [6.45, 7) is 9.67. The van der Waals surface area contributed by atoms with E-state index in [4.69, 9.17) is 16.3 Å². The van der Waals surface area contributed by atoms with Crippen LogP contribution in [0.15, 0.2) is 42.5 Å². The zero-order valence-corrected chi connectivity index (χ0v) is 24.2. The Kier molecular flexibility index (Phi) is 10.4. The van der Waals surface area contributed by atoms with Gasteiger partial charge in [0.25, 0.3) is 0 Å². The van der Waals surface area contributed by atoms with Crippen molar-refractivity contribution in [1.29, 1.82) is 0 Å². The van der Waals surface area contributed by atoms with Crippen molar-refractivity contribution in [2.75, 3.05) is 24.2 Å². The van der Waals surface area contributed by atoms with Gasteiger partial charge in [-0.2, -0.15) is 0 Å². The van der Waals surface area contributed by atoms with E-state index in [1.165, 1.54) is 17.5 Å². The van der Waals surface area contributed by atoms with E-state index >= 15 is 0 Å². The second-order valence-corrected chi connectivity index (χ2v) is 12.5. The van der Waals surface area contributed by atoms with Crippen LogP contribution in [-0.4, -0.2) is 56.6 Å². The van der Waals surface area contributed by atoms with Gasteiger partial charge in [0.1, 0.15) is 11.8 Å². The van der Waals surface area contributed by atoms with Crippen molar-refractivity contribution in [1.82, 2.24) is 10.2 Å². The van der Waals surface area contributed by atoms with Crippen molar-refractivity contribution < 1.29 is 22.7 Å². The van der Waals surface area contributed by atoms with Gasteiger partial charge < -0.3 is 15.0 Å². The minimum Gasteiger partial charge on any atom is -0.495 e. The monoisotopic (exact) mass is 551 g/mol. The van der Waals surface area contributed by atoms with Crippen molar-refractivity contribution in [2.45, 2.75) is 65.6 Å². The first-order chi connectivity index (χ1) is 17.1. The highest BCUT2D eigenvalue weighted by Gasteiger charge is 2.28. The number of rotatable bonds is 11. The van der Waals surface area contributed by atoms with Crippen LogP contribution in [0.3, 0.4) is 0 Å². The van der Waals surface area contributed by atoms with Crippen LogP contribution in [0.2, 0.25) is 5.02 Å². The van der Waals surface area contributed by atoms with Gasteiger partial charge in [-0.15, -0.1) is 0 Å². The van der Waals surface area contributed by atoms with Crippen molar-refractivity contribution in [2.24, 2.45) is 0 Å². The molecule has 0 bridgehead atoms. The zero-order chi connectivity index (χ0) is 28.0. The normalized spacial score (nSPS) is 12.5. The number of aryl methyl sites for hydroxylation is 1. The van der Waals surface area contributed by atoms with E-state index in [2.05, 4.69) is 5.32 Å². The number of amides is 2. The van der Waals surface area contributed by atoms with Crippen LogP contribution >= 0.6 is 11.6 Å². The Labute approximate surface area is 226 Å². The summed E-state index contributed by atoms with van der Waals surface area (Å²) in [4.78, 5) is 27.9. The van der Waals surface area contributed by atoms with Crippen molar-refractivity contribution in [3.63, 3.8) is 0 Å². The first-order valence-corrected chi connectivity index (χ1v) is 14.3. The molecule has 37 heavy (non-hydrogen) atoms. The summed E-state index contributed by atoms with van der Waals surface area (Å²) < 4.78 is 31.4. The molecule has 0 aromatic heterocycles. The average Bonchev–Trinajstić information content (AvgIpc) is 2.77. The largest absolute Gasteiger partial charge is 0.495 e. The maximum absolute atomic E-state index is 13.4. The molecule has 10 heteroatoms. The molecule has 0 aliphatic heterocycles. The number of nitrogens with zero attached hydrogens (tertiary/aromatic N) is 2. The summed E-state index contributed by atoms with van der Waals surface area (Å²) in [6.07, 6.45) is 1.43. The van der Waals surface area contributed by atoms with Crippen LogP contribution in [0.4, 0.5) is 5.69 Å². The van der Waals surface area contributed by atoms with Crippen molar-refractivity contribution in [3.8, 4) is 5.75 Å². The summed E-state index contributed by atoms with van der Waals surface area (Å²) >= 11 is 6.20. The molecule has 8 nitrogen and oxygen atoms in total. The number of hydrogen-bond donors (Lipinski definition) is 1. The molecule has 0 heterocycles. The third kappa shape index (κ3) is 9.23. The molecule has 204 valence electrons. The standard InChI is InChI=1S/C27H38ClN3O5S/c1-19-10-8-11-21(16-19)18-30(20(2)26(33)29-27(3,4)5)25(32)12-9-15-31(37(7,34)35)22-13-14-24(36-6)23(28)17-22/h8,10-11,13-14,16-17,20H,9,12,15,18H2,1-7H3,(H,29,33)/t20-/m0/s1. The number of benzene rings is 2.